The number of hydrogen-bond acceptors (Lipinski definition) is 5. The van der Waals surface area contributed by atoms with E-state index in [1.807, 2.05) is 24.3 Å². The van der Waals surface area contributed by atoms with Gasteiger partial charge in [0.15, 0.2) is 23.0 Å². The van der Waals surface area contributed by atoms with Gasteiger partial charge >= 0.3 is 0 Å². The van der Waals surface area contributed by atoms with E-state index in [0.717, 1.165) is 22.0 Å². The van der Waals surface area contributed by atoms with Gasteiger partial charge in [-0.25, -0.2) is 0 Å². The Kier molecular flexibility index (Phi) is 5.60. The van der Waals surface area contributed by atoms with Gasteiger partial charge in [-0.15, -0.1) is 0 Å². The quantitative estimate of drug-likeness (QED) is 0.637. The Bertz CT molecular complexity index is 1040. The number of nitrogens with one attached hydrogen (secondary N) is 1. The van der Waals surface area contributed by atoms with Crippen LogP contribution in [0.15, 0.2) is 39.6 Å². The minimum absolute atomic E-state index is 0.204. The lowest BCUT2D eigenvalue weighted by Crippen LogP contribution is -2.11. The second-order valence-electron chi connectivity index (χ2n) is 5.87. The largest absolute Gasteiger partial charge is 0.493 e. The second kappa shape index (κ2) is 7.92. The monoisotopic (exact) mass is 433 g/mol. The maximum atomic E-state index is 12.4. The molecule has 0 saturated carbocycles. The number of fused-ring (bicyclic) bond motifs is 1. The van der Waals surface area contributed by atoms with Gasteiger partial charge in [0, 0.05) is 22.9 Å². The highest BCUT2D eigenvalue weighted by Crippen LogP contribution is 2.36. The number of ether oxygens (including phenoxy) is 4. The van der Waals surface area contributed by atoms with Crippen molar-refractivity contribution < 1.29 is 18.9 Å². The standard InChI is InChI=1S/C20H20BrNO5/c1-24-15-6-5-11(8-16(15)25-2)7-14-12-9-17(26-3)18(27-4)10-13(12)19(21)20(23)22-14/h5-6,8-10H,7H2,1-4H3,(H,22,23). The molecule has 0 atom stereocenters. The fourth-order valence-corrected chi connectivity index (χ4v) is 3.45. The van der Waals surface area contributed by atoms with E-state index in [0.29, 0.717) is 33.9 Å². The molecular weight excluding hydrogens is 414 g/mol. The van der Waals surface area contributed by atoms with Crippen LogP contribution in [0.2, 0.25) is 0 Å². The highest BCUT2D eigenvalue weighted by atomic mass is 79.9. The molecule has 3 rings (SSSR count). The molecule has 0 saturated heterocycles. The van der Waals surface area contributed by atoms with Crippen molar-refractivity contribution in [3.8, 4) is 23.0 Å². The van der Waals surface area contributed by atoms with Crippen LogP contribution in [0.4, 0.5) is 0 Å². The van der Waals surface area contributed by atoms with Gasteiger partial charge in [0.2, 0.25) is 0 Å². The molecule has 0 spiro atoms. The molecule has 0 radical (unpaired) electrons. The molecule has 3 aromatic rings. The summed E-state index contributed by atoms with van der Waals surface area (Å²) in [5, 5.41) is 1.63. The molecule has 1 N–H and O–H groups in total. The summed E-state index contributed by atoms with van der Waals surface area (Å²) in [7, 11) is 6.33. The van der Waals surface area contributed by atoms with Crippen LogP contribution in [0.1, 0.15) is 11.3 Å². The summed E-state index contributed by atoms with van der Waals surface area (Å²) in [5.74, 6) is 2.45. The Morgan fingerprint density at radius 2 is 1.37 bits per heavy atom. The van der Waals surface area contributed by atoms with Crippen LogP contribution in [0.3, 0.4) is 0 Å². The van der Waals surface area contributed by atoms with Gasteiger partial charge in [-0.2, -0.15) is 0 Å². The third-order valence-electron chi connectivity index (χ3n) is 4.38. The second-order valence-corrected chi connectivity index (χ2v) is 6.66. The number of H-pyrrole nitrogens is 1. The summed E-state index contributed by atoms with van der Waals surface area (Å²) in [6.45, 7) is 0. The van der Waals surface area contributed by atoms with E-state index in [-0.39, 0.29) is 5.56 Å². The maximum Gasteiger partial charge on any atom is 0.263 e. The number of aromatic amines is 1. The molecule has 0 amide bonds. The number of aromatic nitrogens is 1. The van der Waals surface area contributed by atoms with E-state index in [9.17, 15) is 4.79 Å². The zero-order chi connectivity index (χ0) is 19.6. The summed E-state index contributed by atoms with van der Waals surface area (Å²) in [6, 6.07) is 9.34. The first kappa shape index (κ1) is 19.1. The van der Waals surface area contributed by atoms with Crippen LogP contribution in [-0.2, 0) is 6.42 Å². The number of rotatable bonds is 6. The Hall–Kier alpha value is -2.67. The third kappa shape index (κ3) is 3.60. The van der Waals surface area contributed by atoms with Crippen molar-refractivity contribution in [2.24, 2.45) is 0 Å². The Balaban J connectivity index is 2.17. The maximum absolute atomic E-state index is 12.4. The fourth-order valence-electron chi connectivity index (χ4n) is 3.03. The zero-order valence-corrected chi connectivity index (χ0v) is 17.1. The molecule has 1 aromatic heterocycles. The highest BCUT2D eigenvalue weighted by molar-refractivity contribution is 9.10. The lowest BCUT2D eigenvalue weighted by atomic mass is 10.0. The number of halogens is 1. The molecule has 27 heavy (non-hydrogen) atoms. The van der Waals surface area contributed by atoms with Gasteiger partial charge in [0.05, 0.1) is 32.9 Å². The summed E-state index contributed by atoms with van der Waals surface area (Å²) >= 11 is 3.38. The SMILES string of the molecule is COc1ccc(Cc2[nH]c(=O)c(Br)c3cc(OC)c(OC)cc23)cc1OC. The molecule has 142 valence electrons. The Morgan fingerprint density at radius 3 is 1.96 bits per heavy atom. The lowest BCUT2D eigenvalue weighted by Gasteiger charge is -2.14. The van der Waals surface area contributed by atoms with Crippen LogP contribution in [0, 0.1) is 0 Å². The molecule has 1 heterocycles. The van der Waals surface area contributed by atoms with Gasteiger partial charge in [0.25, 0.3) is 5.56 Å². The first-order chi connectivity index (χ1) is 13.0. The van der Waals surface area contributed by atoms with Gasteiger partial charge in [0.1, 0.15) is 0 Å². The van der Waals surface area contributed by atoms with Crippen LogP contribution in [0.25, 0.3) is 10.8 Å². The van der Waals surface area contributed by atoms with E-state index < -0.39 is 0 Å². The van der Waals surface area contributed by atoms with Crippen molar-refractivity contribution in [2.45, 2.75) is 6.42 Å². The molecule has 0 aliphatic carbocycles. The average Bonchev–Trinajstić information content (AvgIpc) is 2.70. The molecule has 0 bridgehead atoms. The number of methoxy groups -OCH3 is 4. The van der Waals surface area contributed by atoms with Crippen LogP contribution >= 0.6 is 15.9 Å². The molecule has 0 unspecified atom stereocenters. The van der Waals surface area contributed by atoms with Crippen LogP contribution in [0.5, 0.6) is 23.0 Å². The molecule has 6 nitrogen and oxygen atoms in total. The van der Waals surface area contributed by atoms with Gasteiger partial charge in [-0.05, 0) is 45.8 Å². The molecule has 2 aromatic carbocycles. The first-order valence-corrected chi connectivity index (χ1v) is 8.99. The van der Waals surface area contributed by atoms with Crippen LogP contribution < -0.4 is 24.5 Å². The predicted octanol–water partition coefficient (Wildman–Crippen LogP) is 3.92. The summed E-state index contributed by atoms with van der Waals surface area (Å²) in [4.78, 5) is 15.4. The van der Waals surface area contributed by atoms with Gasteiger partial charge in [-0.3, -0.25) is 4.79 Å². The summed E-state index contributed by atoms with van der Waals surface area (Å²) in [5.41, 5.74) is 1.54. The minimum Gasteiger partial charge on any atom is -0.493 e. The number of pyridine rings is 1. The lowest BCUT2D eigenvalue weighted by molar-refractivity contribution is 0.354. The third-order valence-corrected chi connectivity index (χ3v) is 5.17. The zero-order valence-electron chi connectivity index (χ0n) is 15.5. The van der Waals surface area contributed by atoms with Crippen molar-refractivity contribution >= 4 is 26.7 Å². The number of hydrogen-bond donors (Lipinski definition) is 1. The molecular formula is C20H20BrNO5. The summed E-state index contributed by atoms with van der Waals surface area (Å²) in [6.07, 6.45) is 0.509. The van der Waals surface area contributed by atoms with Crippen LogP contribution in [-0.4, -0.2) is 33.4 Å². The summed E-state index contributed by atoms with van der Waals surface area (Å²) < 4.78 is 21.9. The van der Waals surface area contributed by atoms with Crippen molar-refractivity contribution in [2.75, 3.05) is 28.4 Å². The van der Waals surface area contributed by atoms with Crippen molar-refractivity contribution in [1.29, 1.82) is 0 Å². The highest BCUT2D eigenvalue weighted by Gasteiger charge is 2.15. The van der Waals surface area contributed by atoms with E-state index in [1.165, 1.54) is 0 Å². The fraction of sp³-hybridized carbons (Fsp3) is 0.250. The number of benzene rings is 2. The van der Waals surface area contributed by atoms with Crippen molar-refractivity contribution in [3.05, 3.63) is 56.4 Å². The van der Waals surface area contributed by atoms with Gasteiger partial charge < -0.3 is 23.9 Å². The predicted molar refractivity (Wildman–Crippen MR) is 108 cm³/mol. The molecule has 0 aliphatic heterocycles. The minimum atomic E-state index is -0.204. The molecule has 0 aliphatic rings. The Labute approximate surface area is 165 Å². The Morgan fingerprint density at radius 1 is 0.815 bits per heavy atom. The molecule has 7 heteroatoms. The van der Waals surface area contributed by atoms with E-state index in [1.54, 1.807) is 34.5 Å². The van der Waals surface area contributed by atoms with E-state index in [4.69, 9.17) is 18.9 Å². The van der Waals surface area contributed by atoms with E-state index >= 15 is 0 Å². The van der Waals surface area contributed by atoms with Crippen molar-refractivity contribution in [1.82, 2.24) is 4.98 Å². The first-order valence-electron chi connectivity index (χ1n) is 8.19. The van der Waals surface area contributed by atoms with Crippen molar-refractivity contribution in [3.63, 3.8) is 0 Å². The average molecular weight is 434 g/mol. The topological polar surface area (TPSA) is 69.8 Å². The van der Waals surface area contributed by atoms with E-state index in [2.05, 4.69) is 20.9 Å². The smallest absolute Gasteiger partial charge is 0.263 e. The normalized spacial score (nSPS) is 10.7. The molecule has 0 fully saturated rings. The van der Waals surface area contributed by atoms with Gasteiger partial charge in [-0.1, -0.05) is 6.07 Å².